The predicted octanol–water partition coefficient (Wildman–Crippen LogP) is 2.45. The van der Waals surface area contributed by atoms with Crippen molar-refractivity contribution >= 4 is 5.82 Å². The van der Waals surface area contributed by atoms with Crippen LogP contribution in [0.5, 0.6) is 0 Å². The second-order valence-electron chi connectivity index (χ2n) is 3.28. The van der Waals surface area contributed by atoms with E-state index in [0.29, 0.717) is 0 Å². The van der Waals surface area contributed by atoms with Crippen LogP contribution < -0.4 is 4.48 Å². The molecule has 2 heteroatoms. The first-order valence-corrected chi connectivity index (χ1v) is 5.06. The monoisotopic (exact) mass is 179 g/mol. The summed E-state index contributed by atoms with van der Waals surface area (Å²) in [5.74, 6) is 1.19. The second kappa shape index (κ2) is 4.38. The van der Waals surface area contributed by atoms with Crippen LogP contribution in [0.15, 0.2) is 24.4 Å². The lowest BCUT2D eigenvalue weighted by Gasteiger charge is -2.33. The first kappa shape index (κ1) is 10.2. The van der Waals surface area contributed by atoms with Crippen LogP contribution in [0.4, 0.5) is 5.82 Å². The van der Waals surface area contributed by atoms with E-state index < -0.39 is 0 Å². The summed E-state index contributed by atoms with van der Waals surface area (Å²) in [4.78, 5) is 4.44. The van der Waals surface area contributed by atoms with Gasteiger partial charge in [-0.1, -0.05) is 6.07 Å². The summed E-state index contributed by atoms with van der Waals surface area (Å²) in [6, 6.07) is 6.16. The van der Waals surface area contributed by atoms with Gasteiger partial charge in [-0.15, -0.1) is 0 Å². The quantitative estimate of drug-likeness (QED) is 0.647. The van der Waals surface area contributed by atoms with Gasteiger partial charge >= 0.3 is 0 Å². The largest absolute Gasteiger partial charge is 0.275 e. The van der Waals surface area contributed by atoms with Crippen molar-refractivity contribution in [1.29, 1.82) is 0 Å². The number of rotatable bonds is 4. The van der Waals surface area contributed by atoms with Crippen molar-refractivity contribution in [2.75, 3.05) is 19.6 Å². The minimum atomic E-state index is 0.987. The van der Waals surface area contributed by atoms with Gasteiger partial charge in [-0.05, 0) is 26.8 Å². The lowest BCUT2D eigenvalue weighted by Crippen LogP contribution is -2.49. The van der Waals surface area contributed by atoms with Gasteiger partial charge in [-0.25, -0.2) is 4.98 Å². The molecule has 1 rings (SSSR count). The van der Waals surface area contributed by atoms with Gasteiger partial charge in [-0.2, -0.15) is 0 Å². The fourth-order valence-electron chi connectivity index (χ4n) is 1.79. The Morgan fingerprint density at radius 1 is 1.08 bits per heavy atom. The minimum Gasteiger partial charge on any atom is -0.275 e. The Labute approximate surface area is 80.8 Å². The molecule has 0 amide bonds. The van der Waals surface area contributed by atoms with E-state index in [1.54, 1.807) is 0 Å². The second-order valence-corrected chi connectivity index (χ2v) is 3.28. The number of hydrogen-bond donors (Lipinski definition) is 0. The van der Waals surface area contributed by atoms with Crippen LogP contribution in [0.2, 0.25) is 0 Å². The van der Waals surface area contributed by atoms with Gasteiger partial charge in [0.05, 0.1) is 19.6 Å². The van der Waals surface area contributed by atoms with E-state index in [9.17, 15) is 0 Å². The van der Waals surface area contributed by atoms with E-state index in [4.69, 9.17) is 0 Å². The molecule has 0 bridgehead atoms. The number of aromatic nitrogens is 1. The third-order valence-electron chi connectivity index (χ3n) is 2.95. The topological polar surface area (TPSA) is 12.9 Å². The van der Waals surface area contributed by atoms with E-state index in [1.165, 1.54) is 5.82 Å². The summed E-state index contributed by atoms with van der Waals surface area (Å²) in [5, 5.41) is 0. The molecular weight excluding hydrogens is 160 g/mol. The van der Waals surface area contributed by atoms with E-state index in [-0.39, 0.29) is 0 Å². The average molecular weight is 179 g/mol. The van der Waals surface area contributed by atoms with E-state index in [0.717, 1.165) is 24.1 Å². The number of nitrogens with zero attached hydrogens (tertiary/aromatic N) is 2. The molecule has 0 atom stereocenters. The third-order valence-corrected chi connectivity index (χ3v) is 2.95. The maximum absolute atomic E-state index is 4.44. The molecule has 0 radical (unpaired) electrons. The van der Waals surface area contributed by atoms with Crippen molar-refractivity contribution in [3.05, 3.63) is 24.4 Å². The molecule has 0 unspecified atom stereocenters. The Morgan fingerprint density at radius 3 is 2.08 bits per heavy atom. The maximum Gasteiger partial charge on any atom is 0.227 e. The highest BCUT2D eigenvalue weighted by atomic mass is 15.4. The number of quaternary nitrogens is 1. The summed E-state index contributed by atoms with van der Waals surface area (Å²) in [5.41, 5.74) is 0. The van der Waals surface area contributed by atoms with Gasteiger partial charge in [-0.3, -0.25) is 4.48 Å². The summed E-state index contributed by atoms with van der Waals surface area (Å²) in [7, 11) is 0. The molecule has 0 saturated heterocycles. The molecule has 1 aromatic rings. The normalized spacial score (nSPS) is 11.6. The Balaban J connectivity index is 3.01. The fourth-order valence-corrected chi connectivity index (χ4v) is 1.79. The first-order valence-electron chi connectivity index (χ1n) is 5.06. The smallest absolute Gasteiger partial charge is 0.227 e. The summed E-state index contributed by atoms with van der Waals surface area (Å²) < 4.78 is 0.987. The predicted molar refractivity (Wildman–Crippen MR) is 57.7 cm³/mol. The molecular formula is C11H19N2+. The van der Waals surface area contributed by atoms with Crippen LogP contribution in [0, 0.1) is 0 Å². The van der Waals surface area contributed by atoms with Gasteiger partial charge in [0, 0.05) is 12.3 Å². The van der Waals surface area contributed by atoms with Crippen LogP contribution >= 0.6 is 0 Å². The SMILES string of the molecule is CC[N+](CC)(CC)c1ccccn1. The van der Waals surface area contributed by atoms with Crippen molar-refractivity contribution in [2.45, 2.75) is 20.8 Å². The van der Waals surface area contributed by atoms with Crippen molar-refractivity contribution < 1.29 is 0 Å². The van der Waals surface area contributed by atoms with E-state index in [2.05, 4.69) is 37.9 Å². The Morgan fingerprint density at radius 2 is 1.69 bits per heavy atom. The van der Waals surface area contributed by atoms with Crippen LogP contribution in [-0.2, 0) is 0 Å². The van der Waals surface area contributed by atoms with Crippen molar-refractivity contribution in [2.24, 2.45) is 0 Å². The van der Waals surface area contributed by atoms with E-state index in [1.807, 2.05) is 12.3 Å². The standard InChI is InChI=1S/C11H19N2/c1-4-13(5-2,6-3)11-9-7-8-10-12-11/h7-10H,4-6H2,1-3H3/q+1. The first-order chi connectivity index (χ1) is 6.29. The van der Waals surface area contributed by atoms with Crippen molar-refractivity contribution in [3.63, 3.8) is 0 Å². The Bertz CT molecular complexity index is 231. The molecule has 72 valence electrons. The maximum atomic E-state index is 4.44. The molecule has 1 aromatic heterocycles. The molecule has 0 aromatic carbocycles. The molecule has 0 aliphatic carbocycles. The molecule has 0 aliphatic rings. The van der Waals surface area contributed by atoms with Gasteiger partial charge < -0.3 is 0 Å². The Kier molecular flexibility index (Phi) is 3.43. The summed E-state index contributed by atoms with van der Waals surface area (Å²) in [6.07, 6.45) is 1.88. The van der Waals surface area contributed by atoms with Gasteiger partial charge in [0.25, 0.3) is 0 Å². The molecule has 0 fully saturated rings. The van der Waals surface area contributed by atoms with Gasteiger partial charge in [0.15, 0.2) is 0 Å². The molecule has 0 saturated carbocycles. The molecule has 0 spiro atoms. The van der Waals surface area contributed by atoms with Crippen molar-refractivity contribution in [3.8, 4) is 0 Å². The minimum absolute atomic E-state index is 0.987. The van der Waals surface area contributed by atoms with Crippen LogP contribution in [0.3, 0.4) is 0 Å². The zero-order chi connectivity index (χ0) is 9.73. The van der Waals surface area contributed by atoms with Gasteiger partial charge in [0.1, 0.15) is 0 Å². The fraction of sp³-hybridized carbons (Fsp3) is 0.545. The van der Waals surface area contributed by atoms with Crippen LogP contribution in [-0.4, -0.2) is 24.6 Å². The molecule has 13 heavy (non-hydrogen) atoms. The third kappa shape index (κ3) is 1.89. The summed E-state index contributed by atoms with van der Waals surface area (Å²) in [6.45, 7) is 10.0. The molecule has 0 aliphatic heterocycles. The van der Waals surface area contributed by atoms with Gasteiger partial charge in [0.2, 0.25) is 5.82 Å². The Hall–Kier alpha value is -0.890. The molecule has 1 heterocycles. The van der Waals surface area contributed by atoms with Crippen LogP contribution in [0.25, 0.3) is 0 Å². The number of pyridine rings is 1. The van der Waals surface area contributed by atoms with Crippen molar-refractivity contribution in [1.82, 2.24) is 9.47 Å². The highest BCUT2D eigenvalue weighted by Gasteiger charge is 2.24. The highest BCUT2D eigenvalue weighted by Crippen LogP contribution is 2.18. The molecule has 0 N–H and O–H groups in total. The average Bonchev–Trinajstić information content (AvgIpc) is 2.23. The zero-order valence-electron chi connectivity index (χ0n) is 8.83. The summed E-state index contributed by atoms with van der Waals surface area (Å²) >= 11 is 0. The van der Waals surface area contributed by atoms with Crippen LogP contribution in [0.1, 0.15) is 20.8 Å². The molecule has 2 nitrogen and oxygen atoms in total. The zero-order valence-corrected chi connectivity index (χ0v) is 8.83. The van der Waals surface area contributed by atoms with E-state index >= 15 is 0 Å². The lowest BCUT2D eigenvalue weighted by molar-refractivity contribution is 0.308. The number of hydrogen-bond acceptors (Lipinski definition) is 1. The highest BCUT2D eigenvalue weighted by molar-refractivity contribution is 5.33. The lowest BCUT2D eigenvalue weighted by atomic mass is 10.3.